The van der Waals surface area contributed by atoms with E-state index in [2.05, 4.69) is 15.0 Å². The maximum atomic E-state index is 13.4. The van der Waals surface area contributed by atoms with Gasteiger partial charge in [0.1, 0.15) is 17.8 Å². The largest absolute Gasteiger partial charge is 0.298 e. The minimum absolute atomic E-state index is 0.0627. The molecule has 7 nitrogen and oxygen atoms in total. The van der Waals surface area contributed by atoms with Gasteiger partial charge in [-0.1, -0.05) is 0 Å². The summed E-state index contributed by atoms with van der Waals surface area (Å²) in [6.45, 7) is 0.983. The Balaban J connectivity index is 1.41. The molecule has 1 aliphatic heterocycles. The molecule has 178 valence electrons. The summed E-state index contributed by atoms with van der Waals surface area (Å²) in [7, 11) is -3.89. The fourth-order valence-corrected chi connectivity index (χ4v) is 5.28. The molecule has 0 N–H and O–H groups in total. The van der Waals surface area contributed by atoms with E-state index in [9.17, 15) is 26.4 Å². The van der Waals surface area contributed by atoms with Crippen molar-refractivity contribution in [3.05, 3.63) is 72.2 Å². The smallest absolute Gasteiger partial charge is 0.286 e. The number of aromatic nitrogens is 3. The van der Waals surface area contributed by atoms with Crippen LogP contribution in [-0.4, -0.2) is 46.0 Å². The fraction of sp³-hybridized carbons (Fsp3) is 0.304. The van der Waals surface area contributed by atoms with E-state index in [1.54, 1.807) is 6.07 Å². The van der Waals surface area contributed by atoms with Crippen molar-refractivity contribution in [3.63, 3.8) is 0 Å². The molecule has 1 atom stereocenters. The van der Waals surface area contributed by atoms with Crippen molar-refractivity contribution in [2.24, 2.45) is 0 Å². The zero-order valence-electron chi connectivity index (χ0n) is 18.2. The maximum Gasteiger partial charge on any atom is 0.286 e. The summed E-state index contributed by atoms with van der Waals surface area (Å²) in [6, 6.07) is 8.06. The molecular formula is C23H21F3N4O3S. The summed E-state index contributed by atoms with van der Waals surface area (Å²) >= 11 is 0. The monoisotopic (exact) mass is 490 g/mol. The highest BCUT2D eigenvalue weighted by Crippen LogP contribution is 2.29. The van der Waals surface area contributed by atoms with Crippen LogP contribution in [0.2, 0.25) is 0 Å². The number of aryl methyl sites for hydroxylation is 1. The van der Waals surface area contributed by atoms with Gasteiger partial charge >= 0.3 is 0 Å². The lowest BCUT2D eigenvalue weighted by Crippen LogP contribution is -2.54. The molecule has 1 saturated heterocycles. The van der Waals surface area contributed by atoms with E-state index < -0.39 is 27.8 Å². The summed E-state index contributed by atoms with van der Waals surface area (Å²) < 4.78 is 66.6. The number of ketones is 1. The van der Waals surface area contributed by atoms with Crippen LogP contribution in [-0.2, 0) is 27.2 Å². The third-order valence-corrected chi connectivity index (χ3v) is 7.55. The molecule has 4 rings (SSSR count). The molecule has 0 aliphatic carbocycles. The summed E-state index contributed by atoms with van der Waals surface area (Å²) in [5.41, 5.74) is 1.20. The van der Waals surface area contributed by atoms with Crippen molar-refractivity contribution in [1.82, 2.24) is 19.3 Å². The number of halogens is 3. The summed E-state index contributed by atoms with van der Waals surface area (Å²) in [5.74, 6) is -3.84. The topological polar surface area (TPSA) is 93.1 Å². The molecule has 2 aromatic heterocycles. The average Bonchev–Trinajstić information content (AvgIpc) is 2.77. The molecular weight excluding hydrogens is 469 g/mol. The zero-order chi connectivity index (χ0) is 24.5. The molecule has 1 fully saturated rings. The highest BCUT2D eigenvalue weighted by atomic mass is 32.2. The molecule has 3 heterocycles. The Labute approximate surface area is 194 Å². The average molecular weight is 491 g/mol. The number of carbonyl (C=O) groups is 1. The minimum atomic E-state index is -3.89. The Morgan fingerprint density at radius 2 is 1.85 bits per heavy atom. The Kier molecular flexibility index (Phi) is 6.50. The summed E-state index contributed by atoms with van der Waals surface area (Å²) in [4.78, 5) is 24.7. The number of hydrogen-bond donors (Lipinski definition) is 0. The van der Waals surface area contributed by atoms with Crippen molar-refractivity contribution in [2.75, 3.05) is 6.54 Å². The highest BCUT2D eigenvalue weighted by molar-refractivity contribution is 7.89. The lowest BCUT2D eigenvalue weighted by atomic mass is 9.98. The van der Waals surface area contributed by atoms with Crippen LogP contribution < -0.4 is 0 Å². The lowest BCUT2D eigenvalue weighted by molar-refractivity contribution is -0.125. The second-order valence-electron chi connectivity index (χ2n) is 8.06. The van der Waals surface area contributed by atoms with Gasteiger partial charge in [0.2, 0.25) is 10.0 Å². The number of benzene rings is 1. The first-order valence-electron chi connectivity index (χ1n) is 10.5. The van der Waals surface area contributed by atoms with E-state index in [-0.39, 0.29) is 35.8 Å². The molecule has 0 spiro atoms. The molecule has 1 aromatic carbocycles. The number of alkyl halides is 2. The third kappa shape index (κ3) is 5.00. The molecule has 1 aliphatic rings. The van der Waals surface area contributed by atoms with Gasteiger partial charge in [-0.15, -0.1) is 0 Å². The van der Waals surface area contributed by atoms with Gasteiger partial charge in [0.05, 0.1) is 16.6 Å². The number of pyridine rings is 1. The molecule has 34 heavy (non-hydrogen) atoms. The predicted molar refractivity (Wildman–Crippen MR) is 117 cm³/mol. The molecule has 3 aromatic rings. The lowest BCUT2D eigenvalue weighted by Gasteiger charge is -2.38. The van der Waals surface area contributed by atoms with Crippen molar-refractivity contribution < 1.29 is 26.4 Å². The van der Waals surface area contributed by atoms with Crippen LogP contribution in [0.1, 0.15) is 31.2 Å². The van der Waals surface area contributed by atoms with Gasteiger partial charge in [-0.25, -0.2) is 22.8 Å². The Bertz CT molecular complexity index is 1290. The molecule has 11 heteroatoms. The first kappa shape index (κ1) is 24.0. The van der Waals surface area contributed by atoms with E-state index >= 15 is 0 Å². The van der Waals surface area contributed by atoms with E-state index in [0.717, 1.165) is 23.4 Å². The van der Waals surface area contributed by atoms with E-state index in [1.807, 2.05) is 0 Å². The number of carbonyl (C=O) groups excluding carboxylic acids is 1. The predicted octanol–water partition coefficient (Wildman–Crippen LogP) is 3.75. The van der Waals surface area contributed by atoms with E-state index in [1.165, 1.54) is 36.8 Å². The van der Waals surface area contributed by atoms with Gasteiger partial charge < -0.3 is 0 Å². The van der Waals surface area contributed by atoms with Crippen LogP contribution in [0.15, 0.2) is 59.9 Å². The zero-order valence-corrected chi connectivity index (χ0v) is 19.0. The van der Waals surface area contributed by atoms with Gasteiger partial charge in [0.15, 0.2) is 5.78 Å². The van der Waals surface area contributed by atoms with Gasteiger partial charge in [0, 0.05) is 37.3 Å². The fourth-order valence-electron chi connectivity index (χ4n) is 3.63. The van der Waals surface area contributed by atoms with Crippen LogP contribution in [0.3, 0.4) is 0 Å². The first-order valence-corrected chi connectivity index (χ1v) is 12.0. The van der Waals surface area contributed by atoms with E-state index in [4.69, 9.17) is 0 Å². The Morgan fingerprint density at radius 1 is 1.12 bits per heavy atom. The number of hydrogen-bond acceptors (Lipinski definition) is 6. The number of Topliss-reactive ketones (excluding diaryl/α,β-unsaturated/α-hetero) is 1. The number of nitrogens with zero attached hydrogens (tertiary/aromatic N) is 4. The van der Waals surface area contributed by atoms with Gasteiger partial charge in [-0.2, -0.15) is 13.1 Å². The quantitative estimate of drug-likeness (QED) is 0.478. The molecule has 0 bridgehead atoms. The van der Waals surface area contributed by atoms with Crippen molar-refractivity contribution in [2.45, 2.75) is 43.0 Å². The molecule has 0 saturated carbocycles. The van der Waals surface area contributed by atoms with E-state index in [0.29, 0.717) is 23.4 Å². The minimum Gasteiger partial charge on any atom is -0.298 e. The number of sulfonamides is 1. The molecule has 0 unspecified atom stereocenters. The van der Waals surface area contributed by atoms with Crippen LogP contribution in [0.25, 0.3) is 11.3 Å². The van der Waals surface area contributed by atoms with Gasteiger partial charge in [0.25, 0.3) is 5.92 Å². The second-order valence-corrected chi connectivity index (χ2v) is 9.95. The van der Waals surface area contributed by atoms with Crippen molar-refractivity contribution >= 4 is 15.8 Å². The van der Waals surface area contributed by atoms with Crippen LogP contribution in [0.4, 0.5) is 13.2 Å². The summed E-state index contributed by atoms with van der Waals surface area (Å²) in [6.07, 6.45) is 3.35. The van der Waals surface area contributed by atoms with Crippen molar-refractivity contribution in [1.29, 1.82) is 0 Å². The van der Waals surface area contributed by atoms with Gasteiger partial charge in [-0.3, -0.25) is 9.78 Å². The van der Waals surface area contributed by atoms with Gasteiger partial charge in [-0.05, 0) is 55.3 Å². The second kappa shape index (κ2) is 9.22. The van der Waals surface area contributed by atoms with Crippen LogP contribution in [0.5, 0.6) is 0 Å². The first-order chi connectivity index (χ1) is 16.1. The maximum absolute atomic E-state index is 13.4. The SMILES string of the molecule is CC(F)(F)c1ccc(-c2cc(CCC(=O)[C@@H]3CCN3S(=O)(=O)c3ccc(F)cc3)ncn2)cn1. The van der Waals surface area contributed by atoms with Crippen molar-refractivity contribution in [3.8, 4) is 11.3 Å². The highest BCUT2D eigenvalue weighted by Gasteiger charge is 2.42. The summed E-state index contributed by atoms with van der Waals surface area (Å²) in [5, 5.41) is 0. The Hall–Kier alpha value is -3.18. The molecule has 0 amide bonds. The van der Waals surface area contributed by atoms with Crippen LogP contribution >= 0.6 is 0 Å². The third-order valence-electron chi connectivity index (χ3n) is 5.62. The normalized spacial score (nSPS) is 16.8. The standard InChI is InChI=1S/C23H21F3N4O3S/c1-23(25,26)22-9-2-15(13-27-22)19-12-17(28-14-29-19)5-8-21(31)20-10-11-30(20)34(32,33)18-6-3-16(24)4-7-18/h2-4,6-7,9,12-14,20H,5,8,10-11H2,1H3/t20-/m0/s1. The molecule has 0 radical (unpaired) electrons. The van der Waals surface area contributed by atoms with Crippen LogP contribution in [0, 0.1) is 5.82 Å². The Morgan fingerprint density at radius 3 is 2.44 bits per heavy atom. The number of rotatable bonds is 8.